The lowest BCUT2D eigenvalue weighted by atomic mass is 10.1. The summed E-state index contributed by atoms with van der Waals surface area (Å²) in [5.41, 5.74) is 1.19. The maximum absolute atomic E-state index is 12.8. The average Bonchev–Trinajstić information content (AvgIpc) is 3.00. The molecule has 0 atom stereocenters. The number of carbonyl (C=O) groups is 3. The number of methoxy groups -OCH3 is 1. The Balaban J connectivity index is 1.85. The molecule has 3 rings (SSSR count). The fourth-order valence-corrected chi connectivity index (χ4v) is 4.34. The molecule has 2 aromatic rings. The third kappa shape index (κ3) is 4.96. The van der Waals surface area contributed by atoms with Gasteiger partial charge in [-0.05, 0) is 77.2 Å². The van der Waals surface area contributed by atoms with Gasteiger partial charge in [-0.1, -0.05) is 18.2 Å². The van der Waals surface area contributed by atoms with E-state index in [-0.39, 0.29) is 24.4 Å². The van der Waals surface area contributed by atoms with Crippen molar-refractivity contribution >= 4 is 63.2 Å². The molecule has 0 radical (unpaired) electrons. The first-order chi connectivity index (χ1) is 14.4. The normalized spacial score (nSPS) is 14.9. The van der Waals surface area contributed by atoms with Crippen LogP contribution in [-0.2, 0) is 14.3 Å². The number of carbonyl (C=O) groups excluding carboxylic acids is 3. The molecule has 7 nitrogen and oxygen atoms in total. The van der Waals surface area contributed by atoms with E-state index >= 15 is 0 Å². The Bertz CT molecular complexity index is 1010. The van der Waals surface area contributed by atoms with Gasteiger partial charge in [0.25, 0.3) is 11.1 Å². The summed E-state index contributed by atoms with van der Waals surface area (Å²) in [6.07, 6.45) is 1.63. The fraction of sp³-hybridized carbons (Fsp3) is 0.190. The number of esters is 1. The van der Waals surface area contributed by atoms with Gasteiger partial charge in [0.15, 0.2) is 18.1 Å². The zero-order chi connectivity index (χ0) is 21.7. The molecule has 0 N–H and O–H groups in total. The lowest BCUT2D eigenvalue weighted by molar-refractivity contribution is -0.145. The summed E-state index contributed by atoms with van der Waals surface area (Å²) in [5, 5.41) is -0.353. The standard InChI is InChI=1S/C21H18INO6S/c1-3-28-18(24)12-29-19-15(22)9-13(10-16(19)27-2)11-17-20(25)23(21(26)30-17)14-7-5-4-6-8-14/h4-11H,3,12H2,1-2H3/b17-11-. The Kier molecular flexibility index (Phi) is 7.38. The summed E-state index contributed by atoms with van der Waals surface area (Å²) in [5.74, 6) is -0.0535. The molecule has 156 valence electrons. The van der Waals surface area contributed by atoms with Crippen molar-refractivity contribution in [1.29, 1.82) is 0 Å². The summed E-state index contributed by atoms with van der Waals surface area (Å²) >= 11 is 2.93. The number of thioether (sulfide) groups is 1. The summed E-state index contributed by atoms with van der Waals surface area (Å²) in [6.45, 7) is 1.75. The number of halogens is 1. The quantitative estimate of drug-likeness (QED) is 0.292. The van der Waals surface area contributed by atoms with Gasteiger partial charge in [-0.15, -0.1) is 0 Å². The predicted octanol–water partition coefficient (Wildman–Crippen LogP) is 4.48. The molecule has 1 aliphatic heterocycles. The molecule has 0 saturated carbocycles. The van der Waals surface area contributed by atoms with Gasteiger partial charge in [0.1, 0.15) is 0 Å². The molecule has 1 heterocycles. The predicted molar refractivity (Wildman–Crippen MR) is 123 cm³/mol. The van der Waals surface area contributed by atoms with Crippen molar-refractivity contribution in [2.75, 3.05) is 25.2 Å². The molecule has 0 bridgehead atoms. The van der Waals surface area contributed by atoms with E-state index in [0.717, 1.165) is 16.7 Å². The van der Waals surface area contributed by atoms with Gasteiger partial charge >= 0.3 is 5.97 Å². The van der Waals surface area contributed by atoms with Crippen LogP contribution in [0.15, 0.2) is 47.4 Å². The maximum atomic E-state index is 12.8. The number of hydrogen-bond acceptors (Lipinski definition) is 7. The Morgan fingerprint density at radius 1 is 1.20 bits per heavy atom. The van der Waals surface area contributed by atoms with E-state index in [0.29, 0.717) is 31.2 Å². The topological polar surface area (TPSA) is 82.1 Å². The third-order valence-electron chi connectivity index (χ3n) is 4.00. The van der Waals surface area contributed by atoms with Gasteiger partial charge in [-0.3, -0.25) is 9.59 Å². The average molecular weight is 539 g/mol. The van der Waals surface area contributed by atoms with E-state index in [2.05, 4.69) is 22.6 Å². The van der Waals surface area contributed by atoms with Crippen LogP contribution in [0.3, 0.4) is 0 Å². The molecule has 0 spiro atoms. The second-order valence-corrected chi connectivity index (χ2v) is 8.14. The lowest BCUT2D eigenvalue weighted by Gasteiger charge is -2.13. The molecule has 1 fully saturated rings. The Labute approximate surface area is 191 Å². The van der Waals surface area contributed by atoms with Crippen LogP contribution in [0.4, 0.5) is 10.5 Å². The minimum absolute atomic E-state index is 0.241. The summed E-state index contributed by atoms with van der Waals surface area (Å²) < 4.78 is 16.5. The van der Waals surface area contributed by atoms with Crippen LogP contribution in [0.2, 0.25) is 0 Å². The maximum Gasteiger partial charge on any atom is 0.344 e. The summed E-state index contributed by atoms with van der Waals surface area (Å²) in [4.78, 5) is 38.2. The van der Waals surface area contributed by atoms with Crippen molar-refractivity contribution in [3.63, 3.8) is 0 Å². The van der Waals surface area contributed by atoms with Gasteiger partial charge in [-0.25, -0.2) is 9.69 Å². The summed E-state index contributed by atoms with van der Waals surface area (Å²) in [6, 6.07) is 12.2. The van der Waals surface area contributed by atoms with Crippen LogP contribution in [0, 0.1) is 3.57 Å². The van der Waals surface area contributed by atoms with E-state index in [1.807, 2.05) is 6.07 Å². The van der Waals surface area contributed by atoms with Gasteiger partial charge in [0.05, 0.1) is 27.9 Å². The second-order valence-electron chi connectivity index (χ2n) is 5.98. The first-order valence-electron chi connectivity index (χ1n) is 8.93. The molecular formula is C21H18INO6S. The lowest BCUT2D eigenvalue weighted by Crippen LogP contribution is -2.27. The molecule has 1 saturated heterocycles. The van der Waals surface area contributed by atoms with Crippen LogP contribution in [0.25, 0.3) is 6.08 Å². The van der Waals surface area contributed by atoms with Crippen molar-refractivity contribution in [3.8, 4) is 11.5 Å². The molecule has 0 aromatic heterocycles. The highest BCUT2D eigenvalue weighted by Crippen LogP contribution is 2.38. The molecule has 0 aliphatic carbocycles. The van der Waals surface area contributed by atoms with Crippen molar-refractivity contribution in [1.82, 2.24) is 0 Å². The van der Waals surface area contributed by atoms with Crippen LogP contribution < -0.4 is 14.4 Å². The third-order valence-corrected chi connectivity index (χ3v) is 5.67. The van der Waals surface area contributed by atoms with Gasteiger partial charge in [0.2, 0.25) is 0 Å². The van der Waals surface area contributed by atoms with Gasteiger partial charge in [-0.2, -0.15) is 0 Å². The molecule has 0 unspecified atom stereocenters. The van der Waals surface area contributed by atoms with E-state index in [1.165, 1.54) is 7.11 Å². The first kappa shape index (κ1) is 22.2. The van der Waals surface area contributed by atoms with Crippen molar-refractivity contribution in [3.05, 3.63) is 56.5 Å². The number of imide groups is 1. The molecule has 9 heteroatoms. The van der Waals surface area contributed by atoms with E-state index in [4.69, 9.17) is 14.2 Å². The molecular weight excluding hydrogens is 521 g/mol. The number of nitrogens with zero attached hydrogens (tertiary/aromatic N) is 1. The Hall–Kier alpha value is -2.53. The molecule has 2 amide bonds. The second kappa shape index (κ2) is 9.98. The number of ether oxygens (including phenoxy) is 3. The number of hydrogen-bond donors (Lipinski definition) is 0. The highest BCUT2D eigenvalue weighted by atomic mass is 127. The number of anilines is 1. The Morgan fingerprint density at radius 3 is 2.60 bits per heavy atom. The molecule has 30 heavy (non-hydrogen) atoms. The number of para-hydroxylation sites is 1. The Morgan fingerprint density at radius 2 is 1.93 bits per heavy atom. The van der Waals surface area contributed by atoms with Gasteiger partial charge < -0.3 is 14.2 Å². The van der Waals surface area contributed by atoms with Crippen molar-refractivity contribution < 1.29 is 28.6 Å². The molecule has 1 aliphatic rings. The summed E-state index contributed by atoms with van der Waals surface area (Å²) in [7, 11) is 1.48. The largest absolute Gasteiger partial charge is 0.493 e. The van der Waals surface area contributed by atoms with Crippen LogP contribution in [0.1, 0.15) is 12.5 Å². The van der Waals surface area contributed by atoms with Crippen LogP contribution in [0.5, 0.6) is 11.5 Å². The SMILES string of the molecule is CCOC(=O)COc1c(I)cc(/C=C2\SC(=O)N(c3ccccc3)C2=O)cc1OC. The number of rotatable bonds is 7. The van der Waals surface area contributed by atoms with Crippen LogP contribution >= 0.6 is 34.4 Å². The highest BCUT2D eigenvalue weighted by Gasteiger charge is 2.36. The zero-order valence-corrected chi connectivity index (χ0v) is 19.2. The minimum atomic E-state index is -0.478. The number of benzene rings is 2. The fourth-order valence-electron chi connectivity index (χ4n) is 2.72. The highest BCUT2D eigenvalue weighted by molar-refractivity contribution is 14.1. The first-order valence-corrected chi connectivity index (χ1v) is 10.8. The minimum Gasteiger partial charge on any atom is -0.493 e. The van der Waals surface area contributed by atoms with Crippen molar-refractivity contribution in [2.45, 2.75) is 6.92 Å². The van der Waals surface area contributed by atoms with E-state index in [1.54, 1.807) is 49.4 Å². The van der Waals surface area contributed by atoms with Crippen LogP contribution in [-0.4, -0.2) is 37.4 Å². The number of amides is 2. The zero-order valence-electron chi connectivity index (χ0n) is 16.2. The van der Waals surface area contributed by atoms with E-state index in [9.17, 15) is 14.4 Å². The van der Waals surface area contributed by atoms with E-state index < -0.39 is 5.97 Å². The smallest absolute Gasteiger partial charge is 0.344 e. The monoisotopic (exact) mass is 539 g/mol. The molecule has 2 aromatic carbocycles. The van der Waals surface area contributed by atoms with Gasteiger partial charge in [0, 0.05) is 0 Å². The van der Waals surface area contributed by atoms with Crippen molar-refractivity contribution in [2.24, 2.45) is 0 Å².